The third-order valence-electron chi connectivity index (χ3n) is 3.62. The van der Waals surface area contributed by atoms with Gasteiger partial charge in [0.05, 0.1) is 24.9 Å². The van der Waals surface area contributed by atoms with Crippen LogP contribution in [0.2, 0.25) is 0 Å². The van der Waals surface area contributed by atoms with Crippen LogP contribution < -0.4 is 5.73 Å². The van der Waals surface area contributed by atoms with Crippen molar-refractivity contribution in [3.63, 3.8) is 0 Å². The van der Waals surface area contributed by atoms with E-state index in [9.17, 15) is 18.4 Å². The summed E-state index contributed by atoms with van der Waals surface area (Å²) < 4.78 is 26.3. The number of alkyl halides is 2. The minimum Gasteiger partial charge on any atom is -0.325 e. The number of hydrogen-bond acceptors (Lipinski definition) is 3. The van der Waals surface area contributed by atoms with Crippen molar-refractivity contribution in [3.05, 3.63) is 0 Å². The average molecular weight is 246 g/mol. The van der Waals surface area contributed by atoms with E-state index in [1.54, 1.807) is 0 Å². The van der Waals surface area contributed by atoms with Crippen LogP contribution in [0.3, 0.4) is 0 Å². The molecule has 0 radical (unpaired) electrons. The minimum atomic E-state index is -3.18. The van der Waals surface area contributed by atoms with Gasteiger partial charge in [-0.1, -0.05) is 12.8 Å². The van der Waals surface area contributed by atoms with Crippen LogP contribution in [-0.2, 0) is 9.59 Å². The lowest BCUT2D eigenvalue weighted by Gasteiger charge is -2.21. The summed E-state index contributed by atoms with van der Waals surface area (Å²) in [5.41, 5.74) is 4.92. The van der Waals surface area contributed by atoms with Gasteiger partial charge in [0.15, 0.2) is 0 Å². The van der Waals surface area contributed by atoms with E-state index in [0.717, 1.165) is 12.8 Å². The lowest BCUT2D eigenvalue weighted by atomic mass is 9.81. The summed E-state index contributed by atoms with van der Waals surface area (Å²) in [6.07, 6.45) is 3.06. The molecule has 6 heteroatoms. The van der Waals surface area contributed by atoms with Crippen molar-refractivity contribution in [2.24, 2.45) is 17.6 Å². The Hall–Kier alpha value is -1.04. The largest absolute Gasteiger partial charge is 0.325 e. The lowest BCUT2D eigenvalue weighted by molar-refractivity contribution is -0.145. The molecule has 0 aromatic heterocycles. The quantitative estimate of drug-likeness (QED) is 0.748. The number of carbonyl (C=O) groups excluding carboxylic acids is 2. The molecule has 1 aliphatic heterocycles. The number of halogens is 2. The fourth-order valence-corrected chi connectivity index (χ4v) is 2.68. The Labute approximate surface area is 98.1 Å². The van der Waals surface area contributed by atoms with E-state index in [2.05, 4.69) is 0 Å². The molecule has 2 atom stereocenters. The predicted octanol–water partition coefficient (Wildman–Crippen LogP) is 0.756. The molecule has 4 nitrogen and oxygen atoms in total. The highest BCUT2D eigenvalue weighted by molar-refractivity contribution is 6.05. The van der Waals surface area contributed by atoms with E-state index in [-0.39, 0.29) is 11.8 Å². The van der Waals surface area contributed by atoms with Crippen LogP contribution in [0.5, 0.6) is 0 Å². The minimum absolute atomic E-state index is 0.371. The molecule has 1 aliphatic carbocycles. The number of amides is 2. The molecule has 2 fully saturated rings. The molecular weight excluding hydrogens is 230 g/mol. The van der Waals surface area contributed by atoms with Crippen molar-refractivity contribution in [2.45, 2.75) is 31.6 Å². The van der Waals surface area contributed by atoms with Gasteiger partial charge in [0.25, 0.3) is 5.92 Å². The number of hydrogen-bond donors (Lipinski definition) is 1. The van der Waals surface area contributed by atoms with Gasteiger partial charge in [-0.05, 0) is 12.8 Å². The first kappa shape index (κ1) is 12.4. The fourth-order valence-electron chi connectivity index (χ4n) is 2.68. The number of nitrogens with zero attached hydrogens (tertiary/aromatic N) is 1. The normalized spacial score (nSPS) is 29.7. The first-order valence-corrected chi connectivity index (χ1v) is 5.89. The monoisotopic (exact) mass is 246 g/mol. The fraction of sp³-hybridized carbons (Fsp3) is 0.818. The Bertz CT molecular complexity index is 322. The molecule has 0 aromatic rings. The average Bonchev–Trinajstić information content (AvgIpc) is 2.55. The van der Waals surface area contributed by atoms with Crippen LogP contribution in [0.25, 0.3) is 0 Å². The summed E-state index contributed by atoms with van der Waals surface area (Å²) in [6.45, 7) is -1.71. The summed E-state index contributed by atoms with van der Waals surface area (Å²) in [6, 6.07) is 0. The second kappa shape index (κ2) is 4.33. The van der Waals surface area contributed by atoms with Gasteiger partial charge in [-0.3, -0.25) is 14.5 Å². The van der Waals surface area contributed by atoms with Crippen molar-refractivity contribution in [1.82, 2.24) is 4.90 Å². The van der Waals surface area contributed by atoms with Crippen LogP contribution in [0.15, 0.2) is 0 Å². The topological polar surface area (TPSA) is 63.4 Å². The Balaban J connectivity index is 2.13. The van der Waals surface area contributed by atoms with Gasteiger partial charge >= 0.3 is 0 Å². The Morgan fingerprint density at radius 3 is 2.06 bits per heavy atom. The number of likely N-dealkylation sites (tertiary alicyclic amines) is 1. The van der Waals surface area contributed by atoms with Gasteiger partial charge in [-0.15, -0.1) is 0 Å². The van der Waals surface area contributed by atoms with E-state index >= 15 is 0 Å². The van der Waals surface area contributed by atoms with Crippen molar-refractivity contribution in [2.75, 3.05) is 13.1 Å². The molecule has 0 aromatic carbocycles. The van der Waals surface area contributed by atoms with Crippen LogP contribution in [-0.4, -0.2) is 35.7 Å². The van der Waals surface area contributed by atoms with E-state index in [1.807, 2.05) is 0 Å². The first-order chi connectivity index (χ1) is 7.96. The molecule has 1 saturated heterocycles. The number of carbonyl (C=O) groups is 2. The van der Waals surface area contributed by atoms with E-state index < -0.39 is 30.8 Å². The van der Waals surface area contributed by atoms with Gasteiger partial charge in [-0.2, -0.15) is 0 Å². The predicted molar refractivity (Wildman–Crippen MR) is 56.2 cm³/mol. The van der Waals surface area contributed by atoms with Gasteiger partial charge in [0.1, 0.15) is 0 Å². The highest BCUT2D eigenvalue weighted by atomic mass is 19.3. The highest BCUT2D eigenvalue weighted by Gasteiger charge is 2.50. The van der Waals surface area contributed by atoms with Crippen molar-refractivity contribution in [3.8, 4) is 0 Å². The first-order valence-electron chi connectivity index (χ1n) is 5.89. The molecule has 17 heavy (non-hydrogen) atoms. The SMILES string of the molecule is NCC(F)(F)CN1C(=O)C2CCCCC2C1=O. The van der Waals surface area contributed by atoms with Crippen molar-refractivity contribution < 1.29 is 18.4 Å². The molecule has 2 amide bonds. The summed E-state index contributed by atoms with van der Waals surface area (Å²) >= 11 is 0. The standard InChI is InChI=1S/C11H16F2N2O2/c12-11(13,5-14)6-15-9(16)7-3-1-2-4-8(7)10(15)17/h7-8H,1-6,14H2. The number of nitrogens with two attached hydrogens (primary N) is 1. The third-order valence-corrected chi connectivity index (χ3v) is 3.62. The molecular formula is C11H16F2N2O2. The molecule has 0 spiro atoms. The molecule has 2 N–H and O–H groups in total. The third kappa shape index (κ3) is 2.18. The van der Waals surface area contributed by atoms with Gasteiger partial charge in [-0.25, -0.2) is 8.78 Å². The van der Waals surface area contributed by atoms with Gasteiger partial charge < -0.3 is 5.73 Å². The van der Waals surface area contributed by atoms with E-state index in [4.69, 9.17) is 5.73 Å². The zero-order valence-corrected chi connectivity index (χ0v) is 9.49. The molecule has 1 saturated carbocycles. The van der Waals surface area contributed by atoms with E-state index in [0.29, 0.717) is 17.7 Å². The highest BCUT2D eigenvalue weighted by Crippen LogP contribution is 2.38. The maximum atomic E-state index is 13.2. The zero-order valence-electron chi connectivity index (χ0n) is 9.49. The Morgan fingerprint density at radius 2 is 1.65 bits per heavy atom. The Morgan fingerprint density at radius 1 is 1.18 bits per heavy atom. The molecule has 96 valence electrons. The van der Waals surface area contributed by atoms with Gasteiger partial charge in [0.2, 0.25) is 11.8 Å². The molecule has 2 aliphatic rings. The van der Waals surface area contributed by atoms with Crippen LogP contribution in [0.1, 0.15) is 25.7 Å². The maximum Gasteiger partial charge on any atom is 0.277 e. The summed E-state index contributed by atoms with van der Waals surface area (Å²) in [5, 5.41) is 0. The Kier molecular flexibility index (Phi) is 3.16. The van der Waals surface area contributed by atoms with E-state index in [1.165, 1.54) is 0 Å². The van der Waals surface area contributed by atoms with Crippen LogP contribution >= 0.6 is 0 Å². The molecule has 1 heterocycles. The summed E-state index contributed by atoms with van der Waals surface area (Å²) in [7, 11) is 0. The number of imide groups is 1. The van der Waals surface area contributed by atoms with Crippen molar-refractivity contribution in [1.29, 1.82) is 0 Å². The van der Waals surface area contributed by atoms with Crippen molar-refractivity contribution >= 4 is 11.8 Å². The summed E-state index contributed by atoms with van der Waals surface area (Å²) in [4.78, 5) is 24.5. The molecule has 0 bridgehead atoms. The molecule has 2 rings (SSSR count). The van der Waals surface area contributed by atoms with Crippen LogP contribution in [0, 0.1) is 11.8 Å². The lowest BCUT2D eigenvalue weighted by Crippen LogP contribution is -2.44. The second-order valence-electron chi connectivity index (χ2n) is 4.82. The second-order valence-corrected chi connectivity index (χ2v) is 4.82. The number of fused-ring (bicyclic) bond motifs is 1. The maximum absolute atomic E-state index is 13.2. The number of rotatable bonds is 3. The van der Waals surface area contributed by atoms with Gasteiger partial charge in [0, 0.05) is 0 Å². The smallest absolute Gasteiger partial charge is 0.277 e. The summed E-state index contributed by atoms with van der Waals surface area (Å²) in [5.74, 6) is -4.80. The van der Waals surface area contributed by atoms with Crippen LogP contribution in [0.4, 0.5) is 8.78 Å². The zero-order chi connectivity index (χ0) is 12.6. The molecule has 2 unspecified atom stereocenters.